The Bertz CT molecular complexity index is 863. The largest absolute Gasteiger partial charge is 0.362 e. The number of benzene rings is 2. The molecule has 0 radical (unpaired) electrons. The van der Waals surface area contributed by atoms with E-state index >= 15 is 0 Å². The Morgan fingerprint density at radius 2 is 1.74 bits per heavy atom. The van der Waals surface area contributed by atoms with Crippen LogP contribution in [0.15, 0.2) is 72.9 Å². The van der Waals surface area contributed by atoms with Gasteiger partial charge in [-0.25, -0.2) is 4.98 Å². The fourth-order valence-corrected chi connectivity index (χ4v) is 2.93. The monoisotopic (exact) mass is 376 g/mol. The van der Waals surface area contributed by atoms with Crippen LogP contribution in [0, 0.1) is 6.92 Å². The second kappa shape index (κ2) is 9.69. The van der Waals surface area contributed by atoms with E-state index in [-0.39, 0.29) is 0 Å². The molecule has 0 bridgehead atoms. The third-order valence-corrected chi connectivity index (χ3v) is 4.45. The molecule has 0 amide bonds. The van der Waals surface area contributed by atoms with Crippen LogP contribution in [0.1, 0.15) is 17.5 Å². The van der Waals surface area contributed by atoms with Crippen LogP contribution in [0.3, 0.4) is 0 Å². The Hall–Kier alpha value is -2.92. The highest BCUT2D eigenvalue weighted by molar-refractivity contribution is 7.80. The molecule has 3 aromatic rings. The molecule has 0 spiro atoms. The molecule has 1 aromatic heterocycles. The van der Waals surface area contributed by atoms with Gasteiger partial charge in [-0.1, -0.05) is 48.5 Å². The number of thiocarbonyl (C=S) groups is 1. The number of hydrogen-bond acceptors (Lipinski definition) is 3. The molecule has 0 saturated heterocycles. The van der Waals surface area contributed by atoms with Crippen molar-refractivity contribution in [3.63, 3.8) is 0 Å². The van der Waals surface area contributed by atoms with Gasteiger partial charge in [-0.3, -0.25) is 0 Å². The average Bonchev–Trinajstić information content (AvgIpc) is 2.69. The van der Waals surface area contributed by atoms with Crippen molar-refractivity contribution >= 4 is 34.5 Å². The summed E-state index contributed by atoms with van der Waals surface area (Å²) in [6.45, 7) is 2.90. The minimum atomic E-state index is 0.615. The summed E-state index contributed by atoms with van der Waals surface area (Å²) in [7, 11) is 0. The minimum absolute atomic E-state index is 0.615. The van der Waals surface area contributed by atoms with E-state index < -0.39 is 0 Å². The number of aryl methyl sites for hydroxylation is 2. The second-order valence-electron chi connectivity index (χ2n) is 6.34. The topological polar surface area (TPSA) is 49.0 Å². The molecule has 0 aliphatic rings. The molecule has 3 rings (SSSR count). The lowest BCUT2D eigenvalue weighted by molar-refractivity contribution is 0.777. The van der Waals surface area contributed by atoms with Crippen molar-refractivity contribution in [2.24, 2.45) is 0 Å². The maximum atomic E-state index is 5.36. The molecule has 0 aliphatic heterocycles. The van der Waals surface area contributed by atoms with Gasteiger partial charge in [0, 0.05) is 12.2 Å². The molecule has 5 heteroatoms. The van der Waals surface area contributed by atoms with E-state index in [0.717, 1.165) is 36.6 Å². The summed E-state index contributed by atoms with van der Waals surface area (Å²) >= 11 is 5.36. The zero-order valence-electron chi connectivity index (χ0n) is 15.4. The summed E-state index contributed by atoms with van der Waals surface area (Å²) in [4.78, 5) is 4.44. The van der Waals surface area contributed by atoms with Crippen LogP contribution in [0.4, 0.5) is 17.2 Å². The van der Waals surface area contributed by atoms with Gasteiger partial charge < -0.3 is 16.0 Å². The average molecular weight is 377 g/mol. The van der Waals surface area contributed by atoms with Gasteiger partial charge in [0.05, 0.1) is 11.9 Å². The lowest BCUT2D eigenvalue weighted by Gasteiger charge is -2.12. The van der Waals surface area contributed by atoms with E-state index in [9.17, 15) is 0 Å². The van der Waals surface area contributed by atoms with Gasteiger partial charge >= 0.3 is 0 Å². The predicted molar refractivity (Wildman–Crippen MR) is 118 cm³/mol. The fourth-order valence-electron chi connectivity index (χ4n) is 2.71. The Morgan fingerprint density at radius 1 is 0.963 bits per heavy atom. The van der Waals surface area contributed by atoms with Crippen LogP contribution in [-0.2, 0) is 6.42 Å². The first-order valence-corrected chi connectivity index (χ1v) is 9.49. The lowest BCUT2D eigenvalue weighted by Crippen LogP contribution is -2.29. The zero-order chi connectivity index (χ0) is 18.9. The maximum absolute atomic E-state index is 5.36. The van der Waals surface area contributed by atoms with Gasteiger partial charge in [0.25, 0.3) is 0 Å². The van der Waals surface area contributed by atoms with Crippen molar-refractivity contribution in [2.75, 3.05) is 17.2 Å². The highest BCUT2D eigenvalue weighted by Gasteiger charge is 2.01. The summed E-state index contributed by atoms with van der Waals surface area (Å²) in [5, 5.41) is 10.4. The molecular weight excluding hydrogens is 352 g/mol. The summed E-state index contributed by atoms with van der Waals surface area (Å²) in [5.41, 5.74) is 4.45. The Morgan fingerprint density at radius 3 is 2.48 bits per heavy atom. The summed E-state index contributed by atoms with van der Waals surface area (Å²) < 4.78 is 0. The number of aromatic nitrogens is 1. The highest BCUT2D eigenvalue weighted by atomic mass is 32.1. The third-order valence-electron chi connectivity index (χ3n) is 4.20. The Balaban J connectivity index is 1.42. The molecule has 2 aromatic carbocycles. The van der Waals surface area contributed by atoms with E-state index in [1.807, 2.05) is 36.4 Å². The SMILES string of the molecule is Cc1ccccc1Nc1ccc(NC(=S)NCCCc2ccccc2)cn1. The van der Waals surface area contributed by atoms with Gasteiger partial charge in [-0.15, -0.1) is 0 Å². The quantitative estimate of drug-likeness (QED) is 0.398. The maximum Gasteiger partial charge on any atom is 0.170 e. The number of rotatable bonds is 7. The first-order valence-electron chi connectivity index (χ1n) is 9.08. The van der Waals surface area contributed by atoms with E-state index in [0.29, 0.717) is 5.11 Å². The molecule has 3 N–H and O–H groups in total. The van der Waals surface area contributed by atoms with E-state index in [4.69, 9.17) is 12.2 Å². The number of nitrogens with zero attached hydrogens (tertiary/aromatic N) is 1. The molecule has 0 fully saturated rings. The smallest absolute Gasteiger partial charge is 0.170 e. The van der Waals surface area contributed by atoms with Crippen LogP contribution >= 0.6 is 12.2 Å². The van der Waals surface area contributed by atoms with Gasteiger partial charge in [0.1, 0.15) is 5.82 Å². The number of para-hydroxylation sites is 1. The zero-order valence-corrected chi connectivity index (χ0v) is 16.2. The van der Waals surface area contributed by atoms with Crippen molar-refractivity contribution in [3.05, 3.63) is 84.1 Å². The lowest BCUT2D eigenvalue weighted by atomic mass is 10.1. The molecule has 4 nitrogen and oxygen atoms in total. The number of pyridine rings is 1. The molecule has 0 unspecified atom stereocenters. The van der Waals surface area contributed by atoms with Gasteiger partial charge in [0.15, 0.2) is 5.11 Å². The van der Waals surface area contributed by atoms with E-state index in [2.05, 4.69) is 58.2 Å². The van der Waals surface area contributed by atoms with Crippen LogP contribution in [0.5, 0.6) is 0 Å². The highest BCUT2D eigenvalue weighted by Crippen LogP contribution is 2.19. The van der Waals surface area contributed by atoms with Crippen molar-refractivity contribution in [1.29, 1.82) is 0 Å². The first-order chi connectivity index (χ1) is 13.2. The standard InChI is InChI=1S/C22H24N4S/c1-17-8-5-6-12-20(17)26-21-14-13-19(16-24-21)25-22(27)23-15-7-11-18-9-3-2-4-10-18/h2-6,8-10,12-14,16H,7,11,15H2,1H3,(H,24,26)(H2,23,25,27). The van der Waals surface area contributed by atoms with Crippen LogP contribution in [0.25, 0.3) is 0 Å². The van der Waals surface area contributed by atoms with Gasteiger partial charge in [-0.05, 0) is 61.3 Å². The van der Waals surface area contributed by atoms with Gasteiger partial charge in [-0.2, -0.15) is 0 Å². The van der Waals surface area contributed by atoms with Crippen molar-refractivity contribution < 1.29 is 0 Å². The Labute approximate surface area is 166 Å². The molecule has 138 valence electrons. The first kappa shape index (κ1) is 18.9. The third kappa shape index (κ3) is 6.08. The summed E-state index contributed by atoms with van der Waals surface area (Å²) in [6, 6.07) is 22.5. The molecule has 0 aliphatic carbocycles. The number of hydrogen-bond donors (Lipinski definition) is 3. The van der Waals surface area contributed by atoms with Crippen LogP contribution < -0.4 is 16.0 Å². The minimum Gasteiger partial charge on any atom is -0.362 e. The van der Waals surface area contributed by atoms with E-state index in [1.165, 1.54) is 11.1 Å². The molecule has 0 atom stereocenters. The second-order valence-corrected chi connectivity index (χ2v) is 6.75. The van der Waals surface area contributed by atoms with Crippen LogP contribution in [0.2, 0.25) is 0 Å². The normalized spacial score (nSPS) is 10.3. The number of nitrogens with one attached hydrogen (secondary N) is 3. The summed E-state index contributed by atoms with van der Waals surface area (Å²) in [6.07, 6.45) is 3.85. The molecule has 1 heterocycles. The fraction of sp³-hybridized carbons (Fsp3) is 0.182. The van der Waals surface area contributed by atoms with Crippen molar-refractivity contribution in [3.8, 4) is 0 Å². The number of anilines is 3. The molecule has 0 saturated carbocycles. The summed E-state index contributed by atoms with van der Waals surface area (Å²) in [5.74, 6) is 0.802. The predicted octanol–water partition coefficient (Wildman–Crippen LogP) is 5.05. The van der Waals surface area contributed by atoms with Crippen molar-refractivity contribution in [1.82, 2.24) is 10.3 Å². The van der Waals surface area contributed by atoms with Crippen LogP contribution in [-0.4, -0.2) is 16.6 Å². The van der Waals surface area contributed by atoms with Gasteiger partial charge in [0.2, 0.25) is 0 Å². The molecular formula is C22H24N4S. The van der Waals surface area contributed by atoms with Crippen molar-refractivity contribution in [2.45, 2.75) is 19.8 Å². The van der Waals surface area contributed by atoms with E-state index in [1.54, 1.807) is 6.20 Å². The molecule has 27 heavy (non-hydrogen) atoms. The Kier molecular flexibility index (Phi) is 6.77.